The van der Waals surface area contributed by atoms with Crippen LogP contribution >= 0.6 is 11.3 Å². The lowest BCUT2D eigenvalue weighted by atomic mass is 10.3. The van der Waals surface area contributed by atoms with Crippen LogP contribution in [0.25, 0.3) is 10.3 Å². The average Bonchev–Trinajstić information content (AvgIpc) is 2.42. The molecule has 2 rings (SSSR count). The van der Waals surface area contributed by atoms with Crippen molar-refractivity contribution in [3.05, 3.63) is 17.6 Å². The van der Waals surface area contributed by atoms with Crippen molar-refractivity contribution in [2.75, 3.05) is 5.73 Å². The van der Waals surface area contributed by atoms with E-state index in [9.17, 15) is 4.39 Å². The number of rotatable bonds is 1. The summed E-state index contributed by atoms with van der Waals surface area (Å²) in [5.41, 5.74) is 5.87. The van der Waals surface area contributed by atoms with E-state index < -0.39 is 12.4 Å². The van der Waals surface area contributed by atoms with Gasteiger partial charge in [0.1, 0.15) is 21.9 Å². The van der Waals surface area contributed by atoms with E-state index in [1.165, 1.54) is 17.4 Å². The predicted molar refractivity (Wildman–Crippen MR) is 47.7 cm³/mol. The maximum atomic E-state index is 13.0. The highest BCUT2D eigenvalue weighted by atomic mass is 32.1. The maximum Gasteiger partial charge on any atom is 0.182 e. The lowest BCUT2D eigenvalue weighted by Gasteiger charge is -1.95. The molecule has 68 valence electrons. The zero-order valence-electron chi connectivity index (χ0n) is 6.49. The maximum absolute atomic E-state index is 13.0. The van der Waals surface area contributed by atoms with E-state index in [0.717, 1.165) is 0 Å². The molecule has 0 aromatic carbocycles. The summed E-state index contributed by atoms with van der Waals surface area (Å²) in [6.07, 6.45) is 0. The second-order valence-corrected chi connectivity index (χ2v) is 3.46. The van der Waals surface area contributed by atoms with Gasteiger partial charge in [-0.15, -0.1) is 0 Å². The first-order valence-electron chi connectivity index (χ1n) is 3.53. The molecule has 6 heteroatoms. The Morgan fingerprint density at radius 2 is 2.31 bits per heavy atom. The Bertz CT molecular complexity index is 456. The second kappa shape index (κ2) is 2.90. The first kappa shape index (κ1) is 8.33. The average molecular weight is 199 g/mol. The summed E-state index contributed by atoms with van der Waals surface area (Å²) in [6.45, 7) is -0.417. The molecular weight excluding hydrogens is 193 g/mol. The summed E-state index contributed by atoms with van der Waals surface area (Å²) in [5, 5.41) is 9.08. The summed E-state index contributed by atoms with van der Waals surface area (Å²) in [4.78, 5) is 8.27. The zero-order chi connectivity index (χ0) is 9.42. The summed E-state index contributed by atoms with van der Waals surface area (Å²) in [7, 11) is 0. The molecule has 3 N–H and O–H groups in total. The normalized spacial score (nSPS) is 10.9. The Morgan fingerprint density at radius 3 is 3.00 bits per heavy atom. The fraction of sp³-hybridized carbons (Fsp3) is 0.143. The lowest BCUT2D eigenvalue weighted by molar-refractivity contribution is 0.270. The Hall–Kier alpha value is -1.27. The number of nitrogens with two attached hydrogens (primary N) is 1. The number of fused-ring (bicyclic) bond motifs is 1. The number of thiazole rings is 1. The molecule has 0 radical (unpaired) electrons. The van der Waals surface area contributed by atoms with Gasteiger partial charge in [0.15, 0.2) is 5.13 Å². The zero-order valence-corrected chi connectivity index (χ0v) is 7.31. The van der Waals surface area contributed by atoms with Crippen LogP contribution in [0.5, 0.6) is 0 Å². The molecule has 0 saturated heterocycles. The topological polar surface area (TPSA) is 72.0 Å². The molecular formula is C7H6FN3OS. The van der Waals surface area contributed by atoms with E-state index >= 15 is 0 Å². The molecule has 13 heavy (non-hydrogen) atoms. The van der Waals surface area contributed by atoms with Crippen LogP contribution in [0.3, 0.4) is 0 Å². The summed E-state index contributed by atoms with van der Waals surface area (Å²) >= 11 is 1.17. The van der Waals surface area contributed by atoms with Crippen molar-refractivity contribution < 1.29 is 9.50 Å². The van der Waals surface area contributed by atoms with Gasteiger partial charge in [0, 0.05) is 6.07 Å². The lowest BCUT2D eigenvalue weighted by Crippen LogP contribution is -1.93. The first-order chi connectivity index (χ1) is 6.20. The molecule has 0 bridgehead atoms. The van der Waals surface area contributed by atoms with Crippen molar-refractivity contribution in [2.45, 2.75) is 6.61 Å². The van der Waals surface area contributed by atoms with Crippen molar-refractivity contribution in [3.8, 4) is 0 Å². The van der Waals surface area contributed by atoms with Gasteiger partial charge in [0.05, 0.1) is 6.61 Å². The molecule has 0 saturated carbocycles. The minimum Gasteiger partial charge on any atom is -0.390 e. The third kappa shape index (κ3) is 1.34. The summed E-state index contributed by atoms with van der Waals surface area (Å²) in [6, 6.07) is 1.22. The summed E-state index contributed by atoms with van der Waals surface area (Å²) < 4.78 is 13.0. The fourth-order valence-electron chi connectivity index (χ4n) is 1.01. The molecule has 0 spiro atoms. The highest BCUT2D eigenvalue weighted by Gasteiger charge is 2.08. The number of nitrogen functional groups attached to an aromatic ring is 1. The van der Waals surface area contributed by atoms with Crippen LogP contribution in [-0.2, 0) is 6.61 Å². The fourth-order valence-corrected chi connectivity index (χ4v) is 1.71. The molecule has 2 aromatic heterocycles. The minimum absolute atomic E-state index is 0.0242. The van der Waals surface area contributed by atoms with Crippen LogP contribution < -0.4 is 5.73 Å². The number of hydrogen-bond donors (Lipinski definition) is 2. The highest BCUT2D eigenvalue weighted by molar-refractivity contribution is 7.21. The van der Waals surface area contributed by atoms with Gasteiger partial charge in [-0.2, -0.15) is 0 Å². The Morgan fingerprint density at radius 1 is 1.54 bits per heavy atom. The van der Waals surface area contributed by atoms with Gasteiger partial charge in [-0.1, -0.05) is 11.3 Å². The number of nitrogens with zero attached hydrogens (tertiary/aromatic N) is 2. The van der Waals surface area contributed by atoms with E-state index in [0.29, 0.717) is 15.5 Å². The van der Waals surface area contributed by atoms with Crippen LogP contribution in [-0.4, -0.2) is 15.1 Å². The highest BCUT2D eigenvalue weighted by Crippen LogP contribution is 2.23. The Kier molecular flexibility index (Phi) is 1.86. The van der Waals surface area contributed by atoms with Gasteiger partial charge in [-0.25, -0.2) is 14.4 Å². The van der Waals surface area contributed by atoms with Crippen LogP contribution in [0.15, 0.2) is 6.07 Å². The number of anilines is 1. The minimum atomic E-state index is -0.555. The molecule has 2 aromatic rings. The van der Waals surface area contributed by atoms with Crippen molar-refractivity contribution in [2.24, 2.45) is 0 Å². The van der Waals surface area contributed by atoms with E-state index in [1.807, 2.05) is 0 Å². The largest absolute Gasteiger partial charge is 0.390 e. The monoisotopic (exact) mass is 199 g/mol. The molecule has 0 aliphatic carbocycles. The third-order valence-electron chi connectivity index (χ3n) is 1.58. The van der Waals surface area contributed by atoms with Crippen LogP contribution in [0.4, 0.5) is 9.52 Å². The smallest absolute Gasteiger partial charge is 0.182 e. The van der Waals surface area contributed by atoms with Gasteiger partial charge >= 0.3 is 0 Å². The van der Waals surface area contributed by atoms with Gasteiger partial charge < -0.3 is 10.8 Å². The number of aromatic nitrogens is 2. The quantitative estimate of drug-likeness (QED) is 0.715. The predicted octanol–water partition coefficient (Wildman–Crippen LogP) is 0.905. The van der Waals surface area contributed by atoms with Gasteiger partial charge in [0.25, 0.3) is 0 Å². The number of aliphatic hydroxyl groups is 1. The van der Waals surface area contributed by atoms with Crippen molar-refractivity contribution in [1.29, 1.82) is 0 Å². The van der Waals surface area contributed by atoms with Gasteiger partial charge in [-0.05, 0) is 0 Å². The third-order valence-corrected chi connectivity index (χ3v) is 2.37. The van der Waals surface area contributed by atoms with E-state index in [4.69, 9.17) is 10.8 Å². The Balaban J connectivity index is 2.72. The van der Waals surface area contributed by atoms with Crippen molar-refractivity contribution in [1.82, 2.24) is 9.97 Å². The second-order valence-electron chi connectivity index (χ2n) is 2.45. The number of halogens is 1. The number of pyridine rings is 1. The van der Waals surface area contributed by atoms with Crippen molar-refractivity contribution >= 4 is 26.8 Å². The van der Waals surface area contributed by atoms with Crippen molar-refractivity contribution in [3.63, 3.8) is 0 Å². The SMILES string of the molecule is Nc1nc2cc(F)c(CO)nc2s1. The molecule has 4 nitrogen and oxygen atoms in total. The summed E-state index contributed by atoms with van der Waals surface area (Å²) in [5.74, 6) is -0.555. The molecule has 2 heterocycles. The van der Waals surface area contributed by atoms with E-state index in [2.05, 4.69) is 9.97 Å². The molecule has 0 aliphatic heterocycles. The number of aliphatic hydroxyl groups excluding tert-OH is 1. The molecule has 0 fully saturated rings. The van der Waals surface area contributed by atoms with Gasteiger partial charge in [-0.3, -0.25) is 0 Å². The van der Waals surface area contributed by atoms with E-state index in [1.54, 1.807) is 0 Å². The molecule has 0 unspecified atom stereocenters. The van der Waals surface area contributed by atoms with Crippen LogP contribution in [0.2, 0.25) is 0 Å². The standard InChI is InChI=1S/C7H6FN3OS/c8-3-1-4-6(10-5(3)2-12)13-7(9)11-4/h1,12H,2H2,(H2,9,11). The number of hydrogen-bond acceptors (Lipinski definition) is 5. The van der Waals surface area contributed by atoms with Gasteiger partial charge in [0.2, 0.25) is 0 Å². The Labute approximate surface area is 76.9 Å². The molecule has 0 aliphatic rings. The molecule has 0 atom stereocenters. The van der Waals surface area contributed by atoms with E-state index in [-0.39, 0.29) is 5.69 Å². The van der Waals surface area contributed by atoms with Crippen LogP contribution in [0, 0.1) is 5.82 Å². The molecule has 0 amide bonds. The first-order valence-corrected chi connectivity index (χ1v) is 4.34. The van der Waals surface area contributed by atoms with Crippen LogP contribution in [0.1, 0.15) is 5.69 Å².